The zero-order chi connectivity index (χ0) is 18.0. The smallest absolute Gasteiger partial charge is 0.191 e. The summed E-state index contributed by atoms with van der Waals surface area (Å²) in [4.78, 5) is 7.11. The van der Waals surface area contributed by atoms with E-state index < -0.39 is 9.84 Å². The summed E-state index contributed by atoms with van der Waals surface area (Å²) in [5, 5.41) is 6.31. The van der Waals surface area contributed by atoms with Gasteiger partial charge in [-0.25, -0.2) is 8.42 Å². The van der Waals surface area contributed by atoms with Crippen LogP contribution in [0.15, 0.2) is 4.99 Å². The van der Waals surface area contributed by atoms with Crippen molar-refractivity contribution in [2.75, 3.05) is 57.4 Å². The lowest BCUT2D eigenvalue weighted by atomic mass is 10.0. The third-order valence-electron chi connectivity index (χ3n) is 4.21. The first-order valence-electron chi connectivity index (χ1n) is 8.94. The van der Waals surface area contributed by atoms with Crippen LogP contribution in [0.3, 0.4) is 0 Å². The second-order valence-corrected chi connectivity index (χ2v) is 8.82. The highest BCUT2D eigenvalue weighted by molar-refractivity contribution is 7.91. The van der Waals surface area contributed by atoms with Gasteiger partial charge >= 0.3 is 0 Å². The molecule has 1 atom stereocenters. The van der Waals surface area contributed by atoms with Crippen molar-refractivity contribution >= 4 is 15.8 Å². The molecule has 2 N–H and O–H groups in total. The predicted octanol–water partition coefficient (Wildman–Crippen LogP) is 0.333. The Kier molecular flexibility index (Phi) is 9.61. The third kappa shape index (κ3) is 7.81. The van der Waals surface area contributed by atoms with E-state index in [2.05, 4.69) is 34.4 Å². The number of sulfone groups is 1. The Morgan fingerprint density at radius 1 is 1.21 bits per heavy atom. The molecular formula is C16H34N4O3S. The third-order valence-corrected chi connectivity index (χ3v) is 5.92. The van der Waals surface area contributed by atoms with Crippen LogP contribution in [0.2, 0.25) is 0 Å². The van der Waals surface area contributed by atoms with Crippen LogP contribution in [0.4, 0.5) is 0 Å². The van der Waals surface area contributed by atoms with Crippen LogP contribution in [0.1, 0.15) is 27.7 Å². The van der Waals surface area contributed by atoms with Gasteiger partial charge < -0.3 is 15.4 Å². The van der Waals surface area contributed by atoms with Gasteiger partial charge in [0.2, 0.25) is 0 Å². The molecule has 0 spiro atoms. The Labute approximate surface area is 147 Å². The molecule has 0 saturated carbocycles. The lowest BCUT2D eigenvalue weighted by molar-refractivity contribution is 0.00867. The Morgan fingerprint density at radius 2 is 1.88 bits per heavy atom. The molecule has 0 bridgehead atoms. The molecule has 24 heavy (non-hydrogen) atoms. The topological polar surface area (TPSA) is 83.0 Å². The summed E-state index contributed by atoms with van der Waals surface area (Å²) in [6, 6.07) is 0.365. The summed E-state index contributed by atoms with van der Waals surface area (Å²) in [6.45, 7) is 13.4. The molecule has 1 rings (SSSR count). The summed E-state index contributed by atoms with van der Waals surface area (Å²) in [7, 11) is -2.96. The van der Waals surface area contributed by atoms with Gasteiger partial charge in [0.05, 0.1) is 25.5 Å². The molecule has 1 heterocycles. The van der Waals surface area contributed by atoms with E-state index in [1.807, 2.05) is 6.92 Å². The van der Waals surface area contributed by atoms with Crippen LogP contribution < -0.4 is 10.6 Å². The van der Waals surface area contributed by atoms with Crippen LogP contribution in [-0.2, 0) is 14.6 Å². The Morgan fingerprint density at radius 3 is 2.42 bits per heavy atom. The zero-order valence-corrected chi connectivity index (χ0v) is 16.4. The van der Waals surface area contributed by atoms with Crippen molar-refractivity contribution in [2.45, 2.75) is 33.7 Å². The lowest BCUT2D eigenvalue weighted by Gasteiger charge is -2.36. The lowest BCUT2D eigenvalue weighted by Crippen LogP contribution is -2.48. The maximum absolute atomic E-state index is 11.6. The second kappa shape index (κ2) is 10.9. The first-order valence-corrected chi connectivity index (χ1v) is 10.8. The number of hydrogen-bond acceptors (Lipinski definition) is 5. The Bertz CT molecular complexity index is 474. The summed E-state index contributed by atoms with van der Waals surface area (Å²) in [5.41, 5.74) is 0. The average Bonchev–Trinajstić information content (AvgIpc) is 2.55. The van der Waals surface area contributed by atoms with Gasteiger partial charge in [-0.15, -0.1) is 0 Å². The van der Waals surface area contributed by atoms with Crippen LogP contribution in [-0.4, -0.2) is 82.8 Å². The summed E-state index contributed by atoms with van der Waals surface area (Å²) < 4.78 is 28.6. The maximum Gasteiger partial charge on any atom is 0.191 e. The molecule has 1 unspecified atom stereocenters. The van der Waals surface area contributed by atoms with Gasteiger partial charge in [0.25, 0.3) is 0 Å². The average molecular weight is 363 g/mol. The van der Waals surface area contributed by atoms with Gasteiger partial charge in [-0.3, -0.25) is 9.89 Å². The van der Waals surface area contributed by atoms with Gasteiger partial charge in [-0.1, -0.05) is 20.8 Å². The van der Waals surface area contributed by atoms with E-state index >= 15 is 0 Å². The number of rotatable bonds is 9. The number of nitrogens with one attached hydrogen (secondary N) is 2. The summed E-state index contributed by atoms with van der Waals surface area (Å²) in [6.07, 6.45) is 0. The van der Waals surface area contributed by atoms with E-state index in [4.69, 9.17) is 4.74 Å². The normalized spacial score (nSPS) is 18.6. The summed E-state index contributed by atoms with van der Waals surface area (Å²) in [5.74, 6) is 1.48. The quantitative estimate of drug-likeness (QED) is 0.454. The molecule has 1 aliphatic heterocycles. The number of guanidine groups is 1. The fourth-order valence-corrected chi connectivity index (χ4v) is 3.35. The molecule has 0 aromatic rings. The minimum atomic E-state index is -2.96. The molecule has 0 aromatic heterocycles. The molecule has 8 heteroatoms. The number of nitrogens with zero attached hydrogens (tertiary/aromatic N) is 2. The minimum absolute atomic E-state index is 0.130. The highest BCUT2D eigenvalue weighted by Gasteiger charge is 2.23. The van der Waals surface area contributed by atoms with Gasteiger partial charge in [0, 0.05) is 38.0 Å². The second-order valence-electron chi connectivity index (χ2n) is 6.34. The van der Waals surface area contributed by atoms with Crippen molar-refractivity contribution in [1.29, 1.82) is 0 Å². The highest BCUT2D eigenvalue weighted by atomic mass is 32.2. The first-order chi connectivity index (χ1) is 11.4. The van der Waals surface area contributed by atoms with Crippen molar-refractivity contribution < 1.29 is 13.2 Å². The molecule has 0 amide bonds. The number of morpholine rings is 1. The number of hydrogen-bond donors (Lipinski definition) is 2. The molecular weight excluding hydrogens is 328 g/mol. The highest BCUT2D eigenvalue weighted by Crippen LogP contribution is 2.13. The molecule has 0 aliphatic carbocycles. The van der Waals surface area contributed by atoms with Crippen molar-refractivity contribution in [3.8, 4) is 0 Å². The van der Waals surface area contributed by atoms with Gasteiger partial charge in [-0.05, 0) is 12.8 Å². The number of ether oxygens (including phenoxy) is 1. The van der Waals surface area contributed by atoms with Crippen molar-refractivity contribution in [1.82, 2.24) is 15.5 Å². The van der Waals surface area contributed by atoms with E-state index in [0.717, 1.165) is 32.8 Å². The van der Waals surface area contributed by atoms with Crippen LogP contribution in [0, 0.1) is 5.92 Å². The zero-order valence-electron chi connectivity index (χ0n) is 15.5. The fourth-order valence-electron chi connectivity index (χ4n) is 2.65. The maximum atomic E-state index is 11.6. The van der Waals surface area contributed by atoms with Crippen LogP contribution in [0.25, 0.3) is 0 Å². The largest absolute Gasteiger partial charge is 0.379 e. The van der Waals surface area contributed by atoms with Crippen molar-refractivity contribution in [3.63, 3.8) is 0 Å². The van der Waals surface area contributed by atoms with Crippen molar-refractivity contribution in [3.05, 3.63) is 0 Å². The van der Waals surface area contributed by atoms with Crippen LogP contribution in [0.5, 0.6) is 0 Å². The molecule has 0 radical (unpaired) electrons. The number of aliphatic imine (C=N–C) groups is 1. The van der Waals surface area contributed by atoms with E-state index in [1.54, 1.807) is 6.92 Å². The van der Waals surface area contributed by atoms with Gasteiger partial charge in [-0.2, -0.15) is 0 Å². The molecule has 0 aromatic carbocycles. The molecule has 1 aliphatic rings. The van der Waals surface area contributed by atoms with Gasteiger partial charge in [0.15, 0.2) is 15.8 Å². The predicted molar refractivity (Wildman–Crippen MR) is 99.3 cm³/mol. The molecule has 7 nitrogen and oxygen atoms in total. The first kappa shape index (κ1) is 21.2. The van der Waals surface area contributed by atoms with Gasteiger partial charge in [0.1, 0.15) is 0 Å². The summed E-state index contributed by atoms with van der Waals surface area (Å²) >= 11 is 0. The van der Waals surface area contributed by atoms with E-state index in [9.17, 15) is 8.42 Å². The Balaban J connectivity index is 2.60. The van der Waals surface area contributed by atoms with Crippen LogP contribution >= 0.6 is 0 Å². The van der Waals surface area contributed by atoms with E-state index in [1.165, 1.54) is 0 Å². The molecule has 142 valence electrons. The Hall–Kier alpha value is -0.860. The molecule has 1 saturated heterocycles. The monoisotopic (exact) mass is 362 g/mol. The van der Waals surface area contributed by atoms with E-state index in [-0.39, 0.29) is 11.5 Å². The van der Waals surface area contributed by atoms with E-state index in [0.29, 0.717) is 31.0 Å². The standard InChI is InChI=1S/C16H34N4O3S/c1-5-17-16(18-7-12-24(21,22)6-2)19-13-15(14(3)4)20-8-10-23-11-9-20/h14-15H,5-13H2,1-4H3,(H2,17,18,19). The fraction of sp³-hybridized carbons (Fsp3) is 0.938. The van der Waals surface area contributed by atoms with Crippen molar-refractivity contribution in [2.24, 2.45) is 10.9 Å². The SMILES string of the molecule is CCNC(=NCC(C(C)C)N1CCOCC1)NCCS(=O)(=O)CC. The molecule has 1 fully saturated rings. The minimum Gasteiger partial charge on any atom is -0.379 e.